The second kappa shape index (κ2) is 7.30. The summed E-state index contributed by atoms with van der Waals surface area (Å²) >= 11 is 0. The van der Waals surface area contributed by atoms with Gasteiger partial charge in [-0.15, -0.1) is 0 Å². The summed E-state index contributed by atoms with van der Waals surface area (Å²) in [6.07, 6.45) is 2.59. The van der Waals surface area contributed by atoms with Crippen molar-refractivity contribution in [2.45, 2.75) is 45.8 Å². The summed E-state index contributed by atoms with van der Waals surface area (Å²) in [4.78, 5) is 0. The van der Waals surface area contributed by atoms with Gasteiger partial charge in [0, 0.05) is 18.0 Å². The van der Waals surface area contributed by atoms with Gasteiger partial charge in [-0.1, -0.05) is 49.7 Å². The minimum Gasteiger partial charge on any atom is -0.489 e. The molecule has 0 bridgehead atoms. The van der Waals surface area contributed by atoms with Crippen LogP contribution in [0.5, 0.6) is 5.75 Å². The van der Waals surface area contributed by atoms with Crippen molar-refractivity contribution in [3.63, 3.8) is 0 Å². The highest BCUT2D eigenvalue weighted by atomic mass is 16.5. The monoisotopic (exact) mass is 271 g/mol. The lowest BCUT2D eigenvalue weighted by Crippen LogP contribution is -2.35. The Morgan fingerprint density at radius 1 is 1.05 bits per heavy atom. The molecule has 2 nitrogen and oxygen atoms in total. The Balaban J connectivity index is 1.97. The molecule has 0 aliphatic rings. The first-order chi connectivity index (χ1) is 9.70. The second-order valence-electron chi connectivity index (χ2n) is 5.50. The number of fused-ring (bicyclic) bond motifs is 1. The first-order valence-electron chi connectivity index (χ1n) is 7.58. The fourth-order valence-corrected chi connectivity index (χ4v) is 2.46. The van der Waals surface area contributed by atoms with Crippen LogP contribution in [0.15, 0.2) is 42.5 Å². The van der Waals surface area contributed by atoms with E-state index in [0.29, 0.717) is 6.04 Å². The Morgan fingerprint density at radius 2 is 1.80 bits per heavy atom. The molecule has 0 aliphatic heterocycles. The molecule has 0 spiro atoms. The van der Waals surface area contributed by atoms with Crippen molar-refractivity contribution in [2.24, 2.45) is 0 Å². The largest absolute Gasteiger partial charge is 0.489 e. The van der Waals surface area contributed by atoms with Gasteiger partial charge in [-0.25, -0.2) is 0 Å². The molecule has 2 unspecified atom stereocenters. The third kappa shape index (κ3) is 3.97. The van der Waals surface area contributed by atoms with Crippen LogP contribution >= 0.6 is 0 Å². The highest BCUT2D eigenvalue weighted by Crippen LogP contribution is 2.25. The van der Waals surface area contributed by atoms with Gasteiger partial charge in [0.05, 0.1) is 0 Å². The third-order valence-corrected chi connectivity index (χ3v) is 3.55. The number of rotatable bonds is 7. The van der Waals surface area contributed by atoms with Crippen molar-refractivity contribution in [1.82, 2.24) is 5.32 Å². The van der Waals surface area contributed by atoms with Crippen molar-refractivity contribution in [2.75, 3.05) is 6.54 Å². The molecule has 0 saturated heterocycles. The molecule has 0 aliphatic carbocycles. The maximum Gasteiger partial charge on any atom is 0.127 e. The van der Waals surface area contributed by atoms with E-state index in [4.69, 9.17) is 4.74 Å². The number of benzene rings is 2. The fraction of sp³-hybridized carbons (Fsp3) is 0.444. The topological polar surface area (TPSA) is 21.3 Å². The van der Waals surface area contributed by atoms with E-state index in [1.54, 1.807) is 0 Å². The van der Waals surface area contributed by atoms with Gasteiger partial charge < -0.3 is 10.1 Å². The lowest BCUT2D eigenvalue weighted by molar-refractivity contribution is 0.214. The van der Waals surface area contributed by atoms with Crippen LogP contribution in [0.4, 0.5) is 0 Å². The molecule has 0 radical (unpaired) electrons. The lowest BCUT2D eigenvalue weighted by atomic mass is 10.1. The van der Waals surface area contributed by atoms with Crippen molar-refractivity contribution >= 4 is 10.8 Å². The molecule has 2 aromatic carbocycles. The van der Waals surface area contributed by atoms with Gasteiger partial charge in [-0.3, -0.25) is 0 Å². The molecular weight excluding hydrogens is 246 g/mol. The van der Waals surface area contributed by atoms with Gasteiger partial charge in [-0.2, -0.15) is 0 Å². The number of ether oxygens (including phenoxy) is 1. The Hall–Kier alpha value is -1.54. The van der Waals surface area contributed by atoms with E-state index < -0.39 is 0 Å². The predicted molar refractivity (Wildman–Crippen MR) is 86.4 cm³/mol. The Kier molecular flexibility index (Phi) is 5.42. The average Bonchev–Trinajstić information content (AvgIpc) is 2.46. The van der Waals surface area contributed by atoms with Crippen LogP contribution in [0.3, 0.4) is 0 Å². The van der Waals surface area contributed by atoms with Gasteiger partial charge in [-0.05, 0) is 31.7 Å². The van der Waals surface area contributed by atoms with E-state index in [9.17, 15) is 0 Å². The van der Waals surface area contributed by atoms with Crippen molar-refractivity contribution in [3.05, 3.63) is 42.5 Å². The van der Waals surface area contributed by atoms with Crippen molar-refractivity contribution in [1.29, 1.82) is 0 Å². The first kappa shape index (κ1) is 14.9. The zero-order chi connectivity index (χ0) is 14.4. The van der Waals surface area contributed by atoms with E-state index in [2.05, 4.69) is 62.5 Å². The van der Waals surface area contributed by atoms with E-state index in [0.717, 1.165) is 12.3 Å². The molecule has 0 heterocycles. The lowest BCUT2D eigenvalue weighted by Gasteiger charge is -2.19. The molecule has 108 valence electrons. The molecule has 2 rings (SSSR count). The number of nitrogens with one attached hydrogen (secondary N) is 1. The van der Waals surface area contributed by atoms with E-state index in [1.807, 2.05) is 6.07 Å². The second-order valence-corrected chi connectivity index (χ2v) is 5.50. The summed E-state index contributed by atoms with van der Waals surface area (Å²) in [5.41, 5.74) is 0. The Bertz CT molecular complexity index is 532. The number of hydrogen-bond acceptors (Lipinski definition) is 2. The summed E-state index contributed by atoms with van der Waals surface area (Å²) in [7, 11) is 0. The standard InChI is InChI=1S/C18H25NO/c1-4-8-14(2)19-13-15(3)20-18-12-7-10-16-9-5-6-11-17(16)18/h5-7,9-12,14-15,19H,4,8,13H2,1-3H3. The van der Waals surface area contributed by atoms with Crippen LogP contribution in [-0.2, 0) is 0 Å². The minimum absolute atomic E-state index is 0.167. The summed E-state index contributed by atoms with van der Waals surface area (Å²) < 4.78 is 6.09. The predicted octanol–water partition coefficient (Wildman–Crippen LogP) is 4.39. The normalized spacial score (nSPS) is 14.2. The summed E-state index contributed by atoms with van der Waals surface area (Å²) in [5.74, 6) is 0.973. The molecule has 0 saturated carbocycles. The van der Waals surface area contributed by atoms with Gasteiger partial charge in [0.1, 0.15) is 11.9 Å². The molecule has 0 fully saturated rings. The van der Waals surface area contributed by atoms with E-state index in [-0.39, 0.29) is 6.10 Å². The van der Waals surface area contributed by atoms with Gasteiger partial charge in [0.15, 0.2) is 0 Å². The van der Waals surface area contributed by atoms with Crippen LogP contribution < -0.4 is 10.1 Å². The molecule has 2 aromatic rings. The van der Waals surface area contributed by atoms with Crippen LogP contribution in [0.2, 0.25) is 0 Å². The van der Waals surface area contributed by atoms with Gasteiger partial charge in [0.25, 0.3) is 0 Å². The molecule has 20 heavy (non-hydrogen) atoms. The highest BCUT2D eigenvalue weighted by molar-refractivity contribution is 5.88. The smallest absolute Gasteiger partial charge is 0.127 e. The number of hydrogen-bond donors (Lipinski definition) is 1. The van der Waals surface area contributed by atoms with E-state index in [1.165, 1.54) is 23.6 Å². The molecule has 2 atom stereocenters. The van der Waals surface area contributed by atoms with Crippen molar-refractivity contribution < 1.29 is 4.74 Å². The SMILES string of the molecule is CCCC(C)NCC(C)Oc1cccc2ccccc12. The first-order valence-corrected chi connectivity index (χ1v) is 7.58. The van der Waals surface area contributed by atoms with E-state index >= 15 is 0 Å². The Labute approximate surface area is 122 Å². The highest BCUT2D eigenvalue weighted by Gasteiger charge is 2.08. The third-order valence-electron chi connectivity index (χ3n) is 3.55. The minimum atomic E-state index is 0.167. The quantitative estimate of drug-likeness (QED) is 0.806. The summed E-state index contributed by atoms with van der Waals surface area (Å²) in [6.45, 7) is 7.44. The zero-order valence-electron chi connectivity index (χ0n) is 12.7. The average molecular weight is 271 g/mol. The summed E-state index contributed by atoms with van der Waals surface area (Å²) in [5, 5.41) is 5.94. The van der Waals surface area contributed by atoms with Gasteiger partial charge >= 0.3 is 0 Å². The maximum absolute atomic E-state index is 6.09. The molecule has 1 N–H and O–H groups in total. The van der Waals surface area contributed by atoms with Crippen LogP contribution in [0, 0.1) is 0 Å². The zero-order valence-corrected chi connectivity index (χ0v) is 12.7. The van der Waals surface area contributed by atoms with Crippen LogP contribution in [-0.4, -0.2) is 18.7 Å². The van der Waals surface area contributed by atoms with Crippen LogP contribution in [0.1, 0.15) is 33.6 Å². The Morgan fingerprint density at radius 3 is 2.60 bits per heavy atom. The van der Waals surface area contributed by atoms with Crippen molar-refractivity contribution in [3.8, 4) is 5.75 Å². The maximum atomic E-state index is 6.09. The summed E-state index contributed by atoms with van der Waals surface area (Å²) in [6, 6.07) is 15.1. The van der Waals surface area contributed by atoms with Gasteiger partial charge in [0.2, 0.25) is 0 Å². The molecule has 2 heteroatoms. The molecule has 0 aromatic heterocycles. The molecule has 0 amide bonds. The molecular formula is C18H25NO. The van der Waals surface area contributed by atoms with Crippen LogP contribution in [0.25, 0.3) is 10.8 Å². The fourth-order valence-electron chi connectivity index (χ4n) is 2.46.